The Morgan fingerprint density at radius 1 is 0.925 bits per heavy atom. The Bertz CT molecular complexity index is 1400. The lowest BCUT2D eigenvalue weighted by atomic mass is 9.77. The largest absolute Gasteiger partial charge is 0.492 e. The third kappa shape index (κ3) is 5.69. The van der Waals surface area contributed by atoms with Crippen LogP contribution in [0.15, 0.2) is 78.3 Å². The average molecular weight is 539 g/mol. The van der Waals surface area contributed by atoms with Crippen LogP contribution in [0.1, 0.15) is 55.9 Å². The van der Waals surface area contributed by atoms with E-state index in [9.17, 15) is 14.7 Å². The zero-order chi connectivity index (χ0) is 28.5. The van der Waals surface area contributed by atoms with E-state index in [-0.39, 0.29) is 25.5 Å². The molecule has 1 amide bonds. The molecule has 1 saturated heterocycles. The minimum absolute atomic E-state index is 0.0340. The van der Waals surface area contributed by atoms with Crippen molar-refractivity contribution in [3.63, 3.8) is 0 Å². The molecule has 0 spiro atoms. The number of rotatable bonds is 8. The van der Waals surface area contributed by atoms with Gasteiger partial charge in [-0.05, 0) is 66.5 Å². The first-order valence-electron chi connectivity index (χ1n) is 13.5. The molecule has 1 aliphatic carbocycles. The van der Waals surface area contributed by atoms with E-state index in [0.717, 1.165) is 16.7 Å². The molecule has 1 aliphatic heterocycles. The fourth-order valence-electron chi connectivity index (χ4n) is 5.20. The number of hydrogen-bond donors (Lipinski definition) is 2. The van der Waals surface area contributed by atoms with E-state index in [1.54, 1.807) is 6.07 Å². The molecule has 3 aromatic carbocycles. The van der Waals surface area contributed by atoms with Crippen LogP contribution in [0, 0.1) is 0 Å². The highest BCUT2D eigenvalue weighted by Gasteiger charge is 2.52. The lowest BCUT2D eigenvalue weighted by Gasteiger charge is -2.32. The Morgan fingerprint density at radius 2 is 1.52 bits per heavy atom. The molecule has 7 nitrogen and oxygen atoms in total. The van der Waals surface area contributed by atoms with Crippen LogP contribution in [-0.4, -0.2) is 48.6 Å². The molecule has 3 aromatic rings. The van der Waals surface area contributed by atoms with Crippen LogP contribution in [0.4, 0.5) is 4.79 Å². The number of aliphatic carboxylic acids is 1. The minimum Gasteiger partial charge on any atom is -0.481 e. The lowest BCUT2D eigenvalue weighted by Crippen LogP contribution is -2.41. The molecule has 2 N–H and O–H groups in total. The smallest absolute Gasteiger partial charge is 0.481 e. The van der Waals surface area contributed by atoms with Crippen LogP contribution < -0.4 is 5.32 Å². The Hall–Kier alpha value is -3.88. The molecule has 1 fully saturated rings. The van der Waals surface area contributed by atoms with Gasteiger partial charge in [0.15, 0.2) is 0 Å². The third-order valence-electron chi connectivity index (χ3n) is 7.99. The number of fused-ring (bicyclic) bond motifs is 3. The molecule has 0 atom stereocenters. The second-order valence-electron chi connectivity index (χ2n) is 11.3. The van der Waals surface area contributed by atoms with E-state index in [1.165, 1.54) is 11.1 Å². The van der Waals surface area contributed by atoms with Crippen molar-refractivity contribution in [3.8, 4) is 11.1 Å². The summed E-state index contributed by atoms with van der Waals surface area (Å²) >= 11 is 0. The minimum atomic E-state index is -0.899. The van der Waals surface area contributed by atoms with Gasteiger partial charge in [-0.2, -0.15) is 0 Å². The molecule has 40 heavy (non-hydrogen) atoms. The molecular formula is C32H34BNO6. The van der Waals surface area contributed by atoms with E-state index in [2.05, 4.69) is 29.6 Å². The van der Waals surface area contributed by atoms with Crippen molar-refractivity contribution in [2.75, 3.05) is 13.2 Å². The summed E-state index contributed by atoms with van der Waals surface area (Å²) in [6.45, 7) is 8.23. The predicted octanol–water partition coefficient (Wildman–Crippen LogP) is 5.87. The zero-order valence-corrected chi connectivity index (χ0v) is 23.3. The number of ether oxygens (including phenoxy) is 1. The maximum atomic E-state index is 12.9. The molecule has 206 valence electrons. The molecule has 2 aliphatic rings. The molecule has 0 bridgehead atoms. The molecule has 0 radical (unpaired) electrons. The predicted molar refractivity (Wildman–Crippen MR) is 155 cm³/mol. The highest BCUT2D eigenvalue weighted by atomic mass is 16.7. The van der Waals surface area contributed by atoms with E-state index in [4.69, 9.17) is 14.0 Å². The molecule has 0 saturated carbocycles. The molecule has 0 unspecified atom stereocenters. The second kappa shape index (κ2) is 10.9. The maximum Gasteiger partial charge on any atom is 0.492 e. The fraction of sp³-hybridized carbons (Fsp3) is 0.312. The van der Waals surface area contributed by atoms with Crippen LogP contribution in [0.2, 0.25) is 0 Å². The molecular weight excluding hydrogens is 505 g/mol. The SMILES string of the molecule is CC1(C)OB(C(=Cc2cccc(CC(=O)O)c2)CNC(=O)OCC2c3ccccc3-c3ccccc32)OC1(C)C. The van der Waals surface area contributed by atoms with Crippen LogP contribution in [-0.2, 0) is 25.3 Å². The van der Waals surface area contributed by atoms with Gasteiger partial charge < -0.3 is 24.5 Å². The average Bonchev–Trinajstić information content (AvgIpc) is 3.34. The Balaban J connectivity index is 1.31. The zero-order valence-electron chi connectivity index (χ0n) is 23.3. The fourth-order valence-corrected chi connectivity index (χ4v) is 5.20. The van der Waals surface area contributed by atoms with Gasteiger partial charge in [-0.1, -0.05) is 78.9 Å². The Kier molecular flexibility index (Phi) is 7.58. The van der Waals surface area contributed by atoms with Crippen molar-refractivity contribution in [2.45, 2.75) is 51.2 Å². The lowest BCUT2D eigenvalue weighted by molar-refractivity contribution is -0.136. The molecule has 8 heteroatoms. The molecule has 5 rings (SSSR count). The van der Waals surface area contributed by atoms with Crippen LogP contribution in [0.25, 0.3) is 17.2 Å². The number of carbonyl (C=O) groups excluding carboxylic acids is 1. The summed E-state index contributed by atoms with van der Waals surface area (Å²) in [6.07, 6.45) is 1.26. The summed E-state index contributed by atoms with van der Waals surface area (Å²) in [7, 11) is -0.693. The van der Waals surface area contributed by atoms with Gasteiger partial charge in [0.1, 0.15) is 6.61 Å². The van der Waals surface area contributed by atoms with Gasteiger partial charge >= 0.3 is 19.2 Å². The number of carboxylic acid groups (broad SMARTS) is 1. The molecule has 0 aromatic heterocycles. The van der Waals surface area contributed by atoms with Gasteiger partial charge in [-0.25, -0.2) is 4.79 Å². The highest BCUT2D eigenvalue weighted by Crippen LogP contribution is 2.44. The number of amides is 1. The first-order valence-corrected chi connectivity index (χ1v) is 13.5. The topological polar surface area (TPSA) is 94.1 Å². The summed E-state index contributed by atoms with van der Waals surface area (Å²) in [5.74, 6) is -0.933. The summed E-state index contributed by atoms with van der Waals surface area (Å²) in [5.41, 5.74) is 5.67. The van der Waals surface area contributed by atoms with E-state index in [0.29, 0.717) is 11.0 Å². The highest BCUT2D eigenvalue weighted by molar-refractivity contribution is 6.56. The summed E-state index contributed by atoms with van der Waals surface area (Å²) in [4.78, 5) is 24.1. The number of nitrogens with one attached hydrogen (secondary N) is 1. The van der Waals surface area contributed by atoms with Crippen LogP contribution >= 0.6 is 0 Å². The maximum absolute atomic E-state index is 12.9. The third-order valence-corrected chi connectivity index (χ3v) is 7.99. The summed E-state index contributed by atoms with van der Waals surface area (Å²) in [6, 6.07) is 23.7. The number of benzene rings is 3. The van der Waals surface area contributed by atoms with Crippen molar-refractivity contribution in [3.05, 3.63) is 101 Å². The van der Waals surface area contributed by atoms with Crippen molar-refractivity contribution in [1.82, 2.24) is 5.32 Å². The Morgan fingerprint density at radius 3 is 2.12 bits per heavy atom. The van der Waals surface area contributed by atoms with Gasteiger partial charge in [-0.3, -0.25) is 4.79 Å². The van der Waals surface area contributed by atoms with Crippen molar-refractivity contribution in [2.24, 2.45) is 0 Å². The quantitative estimate of drug-likeness (QED) is 0.348. The van der Waals surface area contributed by atoms with Crippen LogP contribution in [0.5, 0.6) is 0 Å². The summed E-state index contributed by atoms with van der Waals surface area (Å²) in [5, 5.41) is 12.1. The Labute approximate surface area is 235 Å². The summed E-state index contributed by atoms with van der Waals surface area (Å²) < 4.78 is 18.3. The number of hydrogen-bond acceptors (Lipinski definition) is 5. The van der Waals surface area contributed by atoms with E-state index < -0.39 is 30.4 Å². The van der Waals surface area contributed by atoms with Gasteiger partial charge in [0.25, 0.3) is 0 Å². The monoisotopic (exact) mass is 539 g/mol. The van der Waals surface area contributed by atoms with Gasteiger partial charge in [0.2, 0.25) is 0 Å². The first-order chi connectivity index (χ1) is 19.0. The van der Waals surface area contributed by atoms with Gasteiger partial charge in [-0.15, -0.1) is 0 Å². The molecule has 1 heterocycles. The standard InChI is InChI=1S/C32H34BNO6/c1-31(2)32(3,4)40-33(39-31)23(17-21-10-9-11-22(16-21)18-29(35)36)19-34-30(37)38-20-28-26-14-7-5-12-24(26)25-13-6-8-15-27(25)28/h5-17,28H,18-20H2,1-4H3,(H,34,37)(H,35,36). The van der Waals surface area contributed by atoms with E-state index >= 15 is 0 Å². The number of carbonyl (C=O) groups is 2. The normalized spacial score (nSPS) is 17.3. The number of alkyl carbamates (subject to hydrolysis) is 1. The van der Waals surface area contributed by atoms with Crippen molar-refractivity contribution >= 4 is 25.3 Å². The van der Waals surface area contributed by atoms with Gasteiger partial charge in [0, 0.05) is 12.5 Å². The first kappa shape index (κ1) is 27.7. The van der Waals surface area contributed by atoms with E-state index in [1.807, 2.05) is 76.2 Å². The van der Waals surface area contributed by atoms with Crippen molar-refractivity contribution < 1.29 is 28.7 Å². The van der Waals surface area contributed by atoms with Crippen molar-refractivity contribution in [1.29, 1.82) is 0 Å². The second-order valence-corrected chi connectivity index (χ2v) is 11.3. The van der Waals surface area contributed by atoms with Gasteiger partial charge in [0.05, 0.1) is 17.6 Å². The van der Waals surface area contributed by atoms with Crippen LogP contribution in [0.3, 0.4) is 0 Å². The number of carboxylic acids is 1.